The molecule has 1 aromatic heterocycles. The molecule has 2 rings (SSSR count). The first kappa shape index (κ1) is 14.9. The van der Waals surface area contributed by atoms with Crippen LogP contribution in [0, 0.1) is 0 Å². The van der Waals surface area contributed by atoms with Crippen molar-refractivity contribution in [3.05, 3.63) is 30.1 Å². The van der Waals surface area contributed by atoms with Gasteiger partial charge in [-0.15, -0.1) is 11.6 Å². The number of benzene rings is 1. The maximum atomic E-state index is 12.1. The van der Waals surface area contributed by atoms with Gasteiger partial charge in [-0.1, -0.05) is 12.1 Å². The summed E-state index contributed by atoms with van der Waals surface area (Å²) in [4.78, 5) is 18.4. The molecule has 0 fully saturated rings. The van der Waals surface area contributed by atoms with Crippen LogP contribution in [0.3, 0.4) is 0 Å². The van der Waals surface area contributed by atoms with E-state index in [1.54, 1.807) is 0 Å². The van der Waals surface area contributed by atoms with Crippen molar-refractivity contribution < 1.29 is 4.79 Å². The van der Waals surface area contributed by atoms with Crippen LogP contribution < -0.4 is 0 Å². The van der Waals surface area contributed by atoms with E-state index in [2.05, 4.69) is 4.98 Å². The molecule has 0 bridgehead atoms. The number of alkyl halides is 1. The fourth-order valence-electron chi connectivity index (χ4n) is 2.42. The largest absolute Gasteiger partial charge is 0.343 e. The summed E-state index contributed by atoms with van der Waals surface area (Å²) in [6.07, 6.45) is 0.478. The molecule has 0 N–H and O–H groups in total. The van der Waals surface area contributed by atoms with Crippen LogP contribution >= 0.6 is 11.6 Å². The maximum absolute atomic E-state index is 12.1. The Labute approximate surface area is 124 Å². The molecular formula is C15H20ClN3O. The maximum Gasteiger partial charge on any atom is 0.224 e. The third-order valence-electron chi connectivity index (χ3n) is 3.52. The van der Waals surface area contributed by atoms with Crippen LogP contribution in [-0.4, -0.2) is 33.4 Å². The molecular weight excluding hydrogens is 274 g/mol. The molecule has 1 aromatic carbocycles. The number of imidazole rings is 1. The Bertz CT molecular complexity index is 590. The monoisotopic (exact) mass is 293 g/mol. The Morgan fingerprint density at radius 3 is 2.65 bits per heavy atom. The fourth-order valence-corrected chi connectivity index (χ4v) is 2.62. The minimum Gasteiger partial charge on any atom is -0.343 e. The Morgan fingerprint density at radius 1 is 1.30 bits per heavy atom. The Morgan fingerprint density at radius 2 is 2.00 bits per heavy atom. The van der Waals surface area contributed by atoms with E-state index in [9.17, 15) is 4.79 Å². The number of rotatable bonds is 6. The molecule has 5 heteroatoms. The van der Waals surface area contributed by atoms with E-state index in [0.29, 0.717) is 18.8 Å². The second-order valence-corrected chi connectivity index (χ2v) is 4.89. The summed E-state index contributed by atoms with van der Waals surface area (Å²) >= 11 is 5.96. The molecule has 108 valence electrons. The summed E-state index contributed by atoms with van der Waals surface area (Å²) in [5.74, 6) is 1.35. The number of aryl methyl sites for hydroxylation is 1. The highest BCUT2D eigenvalue weighted by Gasteiger charge is 2.13. The van der Waals surface area contributed by atoms with Gasteiger partial charge in [0.1, 0.15) is 5.82 Å². The lowest BCUT2D eigenvalue weighted by molar-refractivity contribution is -0.131. The molecule has 4 nitrogen and oxygen atoms in total. The summed E-state index contributed by atoms with van der Waals surface area (Å²) < 4.78 is 2.05. The van der Waals surface area contributed by atoms with Crippen LogP contribution in [0.2, 0.25) is 0 Å². The van der Waals surface area contributed by atoms with Crippen LogP contribution in [0.1, 0.15) is 26.1 Å². The zero-order chi connectivity index (χ0) is 14.5. The second-order valence-electron chi connectivity index (χ2n) is 4.62. The highest BCUT2D eigenvalue weighted by Crippen LogP contribution is 2.18. The lowest BCUT2D eigenvalue weighted by Gasteiger charge is -2.19. The van der Waals surface area contributed by atoms with Gasteiger partial charge in [0.25, 0.3) is 0 Å². The molecule has 0 unspecified atom stereocenters. The molecule has 0 spiro atoms. The quantitative estimate of drug-likeness (QED) is 0.768. The molecule has 20 heavy (non-hydrogen) atoms. The standard InChI is InChI=1S/C15H20ClN3O/c1-3-18(4-2)15(20)9-10-19-13-8-6-5-7-12(13)17-14(19)11-16/h5-8H,3-4,9-11H2,1-2H3. The number of para-hydroxylation sites is 2. The molecule has 1 heterocycles. The van der Waals surface area contributed by atoms with Crippen molar-refractivity contribution in [2.75, 3.05) is 13.1 Å². The number of nitrogens with zero attached hydrogens (tertiary/aromatic N) is 3. The molecule has 0 atom stereocenters. The van der Waals surface area contributed by atoms with Gasteiger partial charge in [0.2, 0.25) is 5.91 Å². The van der Waals surface area contributed by atoms with Gasteiger partial charge < -0.3 is 9.47 Å². The third-order valence-corrected chi connectivity index (χ3v) is 3.76. The average molecular weight is 294 g/mol. The normalized spacial score (nSPS) is 10.9. The first-order chi connectivity index (χ1) is 9.71. The van der Waals surface area contributed by atoms with Gasteiger partial charge in [-0.2, -0.15) is 0 Å². The summed E-state index contributed by atoms with van der Waals surface area (Å²) in [5, 5.41) is 0. The van der Waals surface area contributed by atoms with E-state index in [0.717, 1.165) is 29.9 Å². The lowest BCUT2D eigenvalue weighted by atomic mass is 10.3. The smallest absolute Gasteiger partial charge is 0.224 e. The summed E-state index contributed by atoms with van der Waals surface area (Å²) in [5.41, 5.74) is 1.97. The van der Waals surface area contributed by atoms with Crippen LogP contribution in [-0.2, 0) is 17.2 Å². The predicted molar refractivity (Wildman–Crippen MR) is 81.8 cm³/mol. The Hall–Kier alpha value is -1.55. The molecule has 0 aliphatic heterocycles. The van der Waals surface area contributed by atoms with Crippen molar-refractivity contribution in [3.8, 4) is 0 Å². The van der Waals surface area contributed by atoms with Crippen molar-refractivity contribution >= 4 is 28.5 Å². The topological polar surface area (TPSA) is 38.1 Å². The number of fused-ring (bicyclic) bond motifs is 1. The summed E-state index contributed by atoms with van der Waals surface area (Å²) in [6.45, 7) is 6.12. The van der Waals surface area contributed by atoms with Gasteiger partial charge in [0, 0.05) is 26.1 Å². The molecule has 0 aliphatic carbocycles. The fraction of sp³-hybridized carbons (Fsp3) is 0.467. The van der Waals surface area contributed by atoms with Crippen molar-refractivity contribution in [2.24, 2.45) is 0 Å². The zero-order valence-corrected chi connectivity index (χ0v) is 12.7. The van der Waals surface area contributed by atoms with E-state index in [4.69, 9.17) is 11.6 Å². The second kappa shape index (κ2) is 6.75. The number of hydrogen-bond donors (Lipinski definition) is 0. The number of carbonyl (C=O) groups excluding carboxylic acids is 1. The van der Waals surface area contributed by atoms with E-state index >= 15 is 0 Å². The van der Waals surface area contributed by atoms with Crippen molar-refractivity contribution in [1.29, 1.82) is 0 Å². The van der Waals surface area contributed by atoms with Crippen molar-refractivity contribution in [3.63, 3.8) is 0 Å². The molecule has 0 aliphatic rings. The van der Waals surface area contributed by atoms with Crippen molar-refractivity contribution in [2.45, 2.75) is 32.7 Å². The van der Waals surface area contributed by atoms with E-state index < -0.39 is 0 Å². The van der Waals surface area contributed by atoms with E-state index in [1.165, 1.54) is 0 Å². The van der Waals surface area contributed by atoms with Gasteiger partial charge >= 0.3 is 0 Å². The molecule has 0 radical (unpaired) electrons. The van der Waals surface area contributed by atoms with Crippen LogP contribution in [0.25, 0.3) is 11.0 Å². The van der Waals surface area contributed by atoms with E-state index in [-0.39, 0.29) is 5.91 Å². The van der Waals surface area contributed by atoms with Crippen molar-refractivity contribution in [1.82, 2.24) is 14.5 Å². The SMILES string of the molecule is CCN(CC)C(=O)CCn1c(CCl)nc2ccccc21. The highest BCUT2D eigenvalue weighted by molar-refractivity contribution is 6.16. The average Bonchev–Trinajstić information content (AvgIpc) is 2.84. The number of aromatic nitrogens is 2. The highest BCUT2D eigenvalue weighted by atomic mass is 35.5. The zero-order valence-electron chi connectivity index (χ0n) is 12.0. The molecule has 1 amide bonds. The molecule has 0 saturated carbocycles. The van der Waals surface area contributed by atoms with Gasteiger partial charge in [-0.05, 0) is 26.0 Å². The minimum absolute atomic E-state index is 0.174. The van der Waals surface area contributed by atoms with E-state index in [1.807, 2.05) is 47.6 Å². The third kappa shape index (κ3) is 2.96. The van der Waals surface area contributed by atoms with Gasteiger partial charge in [-0.25, -0.2) is 4.98 Å². The van der Waals surface area contributed by atoms with Crippen LogP contribution in [0.4, 0.5) is 0 Å². The molecule has 2 aromatic rings. The van der Waals surface area contributed by atoms with Gasteiger partial charge in [0.05, 0.1) is 16.9 Å². The Balaban J connectivity index is 2.19. The number of amides is 1. The summed E-state index contributed by atoms with van der Waals surface area (Å²) in [6, 6.07) is 7.91. The van der Waals surface area contributed by atoms with Crippen LogP contribution in [0.5, 0.6) is 0 Å². The molecule has 0 saturated heterocycles. The minimum atomic E-state index is 0.174. The number of hydrogen-bond acceptors (Lipinski definition) is 2. The van der Waals surface area contributed by atoms with Crippen LogP contribution in [0.15, 0.2) is 24.3 Å². The number of carbonyl (C=O) groups is 1. The summed E-state index contributed by atoms with van der Waals surface area (Å²) in [7, 11) is 0. The first-order valence-electron chi connectivity index (χ1n) is 6.99. The predicted octanol–water partition coefficient (Wildman–Crippen LogP) is 3.03. The first-order valence-corrected chi connectivity index (χ1v) is 7.52. The lowest BCUT2D eigenvalue weighted by Crippen LogP contribution is -2.31. The van der Waals surface area contributed by atoms with Gasteiger partial charge in [-0.3, -0.25) is 4.79 Å². The number of halogens is 1. The Kier molecular flexibility index (Phi) is 5.01. The van der Waals surface area contributed by atoms with Gasteiger partial charge in [0.15, 0.2) is 0 Å².